The molecule has 0 amide bonds. The fraction of sp³-hybridized carbons (Fsp3) is 0.125. The maximum absolute atomic E-state index is 11.9. The molecule has 0 saturated carbocycles. The van der Waals surface area contributed by atoms with Gasteiger partial charge in [0.05, 0.1) is 5.69 Å². The van der Waals surface area contributed by atoms with E-state index in [1.807, 2.05) is 30.3 Å². The molecule has 0 N–H and O–H groups in total. The van der Waals surface area contributed by atoms with E-state index in [1.54, 1.807) is 24.7 Å². The van der Waals surface area contributed by atoms with Gasteiger partial charge in [0.2, 0.25) is 0 Å². The Kier molecular flexibility index (Phi) is 3.82. The lowest BCUT2D eigenvalue weighted by atomic mass is 10.2. The van der Waals surface area contributed by atoms with Crippen molar-refractivity contribution in [1.29, 1.82) is 0 Å². The summed E-state index contributed by atoms with van der Waals surface area (Å²) in [5, 5.41) is 4.38. The Morgan fingerprint density at radius 3 is 2.67 bits per heavy atom. The largest absolute Gasteiger partial charge is 0.268 e. The molecular formula is C16H14N4O. The minimum Gasteiger partial charge on any atom is -0.268 e. The van der Waals surface area contributed by atoms with Gasteiger partial charge in [-0.2, -0.15) is 5.10 Å². The molecule has 0 aliphatic heterocycles. The topological polar surface area (TPSA) is 60.7 Å². The smallest absolute Gasteiger partial charge is 0.266 e. The van der Waals surface area contributed by atoms with Crippen LogP contribution in [-0.4, -0.2) is 19.7 Å². The van der Waals surface area contributed by atoms with Crippen LogP contribution in [0.25, 0.3) is 11.4 Å². The summed E-state index contributed by atoms with van der Waals surface area (Å²) in [7, 11) is 0. The molecular weight excluding hydrogens is 264 g/mol. The summed E-state index contributed by atoms with van der Waals surface area (Å²) in [6, 6.07) is 12.7. The Morgan fingerprint density at radius 2 is 1.90 bits per heavy atom. The molecule has 0 unspecified atom stereocenters. The molecule has 0 fully saturated rings. The van der Waals surface area contributed by atoms with E-state index < -0.39 is 0 Å². The lowest BCUT2D eigenvalue weighted by molar-refractivity contribution is 0.580. The van der Waals surface area contributed by atoms with Gasteiger partial charge in [-0.05, 0) is 36.2 Å². The second kappa shape index (κ2) is 6.09. The highest BCUT2D eigenvalue weighted by Crippen LogP contribution is 2.10. The minimum absolute atomic E-state index is 0.112. The molecule has 3 aromatic heterocycles. The van der Waals surface area contributed by atoms with Crippen molar-refractivity contribution in [1.82, 2.24) is 19.7 Å². The summed E-state index contributed by atoms with van der Waals surface area (Å²) >= 11 is 0. The number of hydrogen-bond acceptors (Lipinski definition) is 4. The number of nitrogens with zero attached hydrogens (tertiary/aromatic N) is 4. The zero-order valence-corrected chi connectivity index (χ0v) is 11.4. The molecule has 0 aliphatic rings. The van der Waals surface area contributed by atoms with E-state index in [4.69, 9.17) is 0 Å². The van der Waals surface area contributed by atoms with E-state index in [0.717, 1.165) is 11.3 Å². The van der Waals surface area contributed by atoms with Crippen molar-refractivity contribution in [2.24, 2.45) is 0 Å². The average Bonchev–Trinajstić information content (AvgIpc) is 2.56. The van der Waals surface area contributed by atoms with Crippen molar-refractivity contribution in [3.05, 3.63) is 77.0 Å². The van der Waals surface area contributed by atoms with E-state index in [2.05, 4.69) is 15.1 Å². The van der Waals surface area contributed by atoms with Gasteiger partial charge in [-0.3, -0.25) is 14.8 Å². The zero-order chi connectivity index (χ0) is 14.5. The first-order valence-corrected chi connectivity index (χ1v) is 6.71. The quantitative estimate of drug-likeness (QED) is 0.731. The number of rotatable bonds is 4. The second-order valence-corrected chi connectivity index (χ2v) is 4.61. The molecule has 0 bridgehead atoms. The first-order valence-electron chi connectivity index (χ1n) is 6.71. The minimum atomic E-state index is -0.112. The molecule has 104 valence electrons. The second-order valence-electron chi connectivity index (χ2n) is 4.61. The molecule has 0 atom stereocenters. The van der Waals surface area contributed by atoms with E-state index >= 15 is 0 Å². The maximum Gasteiger partial charge on any atom is 0.266 e. The Hall–Kier alpha value is -2.82. The van der Waals surface area contributed by atoms with Gasteiger partial charge in [0.1, 0.15) is 5.69 Å². The Balaban J connectivity index is 1.84. The van der Waals surface area contributed by atoms with Gasteiger partial charge in [-0.15, -0.1) is 0 Å². The highest BCUT2D eigenvalue weighted by atomic mass is 16.1. The van der Waals surface area contributed by atoms with Gasteiger partial charge in [-0.25, -0.2) is 4.68 Å². The molecule has 0 radical (unpaired) electrons. The summed E-state index contributed by atoms with van der Waals surface area (Å²) in [5.41, 5.74) is 2.42. The SMILES string of the molecule is O=c1ccc(-c2ccccn2)nn1CCc1cccnc1. The summed E-state index contributed by atoms with van der Waals surface area (Å²) in [6.45, 7) is 0.519. The number of aromatic nitrogens is 4. The van der Waals surface area contributed by atoms with Gasteiger partial charge >= 0.3 is 0 Å². The van der Waals surface area contributed by atoms with Crippen molar-refractivity contribution < 1.29 is 0 Å². The molecule has 5 nitrogen and oxygen atoms in total. The summed E-state index contributed by atoms with van der Waals surface area (Å²) in [6.07, 6.45) is 5.96. The predicted molar refractivity (Wildman–Crippen MR) is 79.7 cm³/mol. The summed E-state index contributed by atoms with van der Waals surface area (Å²) in [5.74, 6) is 0. The molecule has 0 aliphatic carbocycles. The highest BCUT2D eigenvalue weighted by molar-refractivity contribution is 5.52. The van der Waals surface area contributed by atoms with Crippen LogP contribution >= 0.6 is 0 Å². The highest BCUT2D eigenvalue weighted by Gasteiger charge is 2.04. The van der Waals surface area contributed by atoms with Crippen molar-refractivity contribution >= 4 is 0 Å². The van der Waals surface area contributed by atoms with Crippen LogP contribution in [0.3, 0.4) is 0 Å². The molecule has 0 saturated heterocycles. The molecule has 21 heavy (non-hydrogen) atoms. The van der Waals surface area contributed by atoms with Crippen molar-refractivity contribution in [3.8, 4) is 11.4 Å². The third-order valence-electron chi connectivity index (χ3n) is 3.13. The number of pyridine rings is 2. The van der Waals surface area contributed by atoms with Gasteiger partial charge in [0.15, 0.2) is 0 Å². The van der Waals surface area contributed by atoms with Crippen LogP contribution in [0.1, 0.15) is 5.56 Å². The third-order valence-corrected chi connectivity index (χ3v) is 3.13. The van der Waals surface area contributed by atoms with E-state index in [1.165, 1.54) is 10.7 Å². The normalized spacial score (nSPS) is 10.5. The molecule has 5 heteroatoms. The Bertz CT molecular complexity index is 769. The molecule has 3 rings (SSSR count). The lowest BCUT2D eigenvalue weighted by Gasteiger charge is -2.06. The van der Waals surface area contributed by atoms with Crippen LogP contribution in [0, 0.1) is 0 Å². The van der Waals surface area contributed by atoms with E-state index in [-0.39, 0.29) is 5.56 Å². The van der Waals surface area contributed by atoms with Gasteiger partial charge in [-0.1, -0.05) is 12.1 Å². The summed E-state index contributed by atoms with van der Waals surface area (Å²) in [4.78, 5) is 20.2. The molecule has 3 aromatic rings. The first-order chi connectivity index (χ1) is 10.3. The fourth-order valence-corrected chi connectivity index (χ4v) is 2.04. The van der Waals surface area contributed by atoms with Crippen molar-refractivity contribution in [2.75, 3.05) is 0 Å². The van der Waals surface area contributed by atoms with Crippen molar-refractivity contribution in [2.45, 2.75) is 13.0 Å². The van der Waals surface area contributed by atoms with Gasteiger partial charge in [0.25, 0.3) is 5.56 Å². The van der Waals surface area contributed by atoms with E-state index in [0.29, 0.717) is 18.7 Å². The van der Waals surface area contributed by atoms with Crippen LogP contribution in [0.2, 0.25) is 0 Å². The number of hydrogen-bond donors (Lipinski definition) is 0. The van der Waals surface area contributed by atoms with Crippen LogP contribution in [0.15, 0.2) is 65.8 Å². The molecule has 0 spiro atoms. The Labute approximate surface area is 121 Å². The van der Waals surface area contributed by atoms with Crippen LogP contribution in [0.4, 0.5) is 0 Å². The van der Waals surface area contributed by atoms with Crippen LogP contribution < -0.4 is 5.56 Å². The van der Waals surface area contributed by atoms with Gasteiger partial charge < -0.3 is 0 Å². The monoisotopic (exact) mass is 278 g/mol. The molecule has 0 aromatic carbocycles. The average molecular weight is 278 g/mol. The van der Waals surface area contributed by atoms with Gasteiger partial charge in [0, 0.05) is 31.2 Å². The maximum atomic E-state index is 11.9. The van der Waals surface area contributed by atoms with Crippen LogP contribution in [-0.2, 0) is 13.0 Å². The first kappa shape index (κ1) is 13.2. The predicted octanol–water partition coefficient (Wildman–Crippen LogP) is 1.94. The molecule has 3 heterocycles. The number of aryl methyl sites for hydroxylation is 2. The standard InChI is InChI=1S/C16H14N4O/c21-16-7-6-15(14-5-1-2-10-18-14)19-20(16)11-8-13-4-3-9-17-12-13/h1-7,9-10,12H,8,11H2. The lowest BCUT2D eigenvalue weighted by Crippen LogP contribution is -2.23. The van der Waals surface area contributed by atoms with Crippen molar-refractivity contribution in [3.63, 3.8) is 0 Å². The third kappa shape index (κ3) is 3.20. The van der Waals surface area contributed by atoms with Crippen LogP contribution in [0.5, 0.6) is 0 Å². The summed E-state index contributed by atoms with van der Waals surface area (Å²) < 4.78 is 1.47. The zero-order valence-electron chi connectivity index (χ0n) is 11.4. The Morgan fingerprint density at radius 1 is 0.952 bits per heavy atom. The fourth-order valence-electron chi connectivity index (χ4n) is 2.04. The van der Waals surface area contributed by atoms with E-state index in [9.17, 15) is 4.79 Å².